The van der Waals surface area contributed by atoms with Crippen molar-refractivity contribution in [2.24, 2.45) is 0 Å². The summed E-state index contributed by atoms with van der Waals surface area (Å²) in [5.41, 5.74) is 2.35. The second-order valence-electron chi connectivity index (χ2n) is 4.54. The fraction of sp³-hybridized carbons (Fsp3) is 0.250. The van der Waals surface area contributed by atoms with E-state index in [0.29, 0.717) is 5.75 Å². The molecule has 2 aromatic carbocycles. The lowest BCUT2D eigenvalue weighted by molar-refractivity contribution is 0.237. The van der Waals surface area contributed by atoms with Crippen LogP contribution in [-0.2, 0) is 6.42 Å². The van der Waals surface area contributed by atoms with Gasteiger partial charge in [0.2, 0.25) is 0 Å². The van der Waals surface area contributed by atoms with Gasteiger partial charge in [-0.15, -0.1) is 0 Å². The van der Waals surface area contributed by atoms with E-state index in [9.17, 15) is 0 Å². The minimum Gasteiger partial charge on any atom is -0.493 e. The molecule has 1 aliphatic rings. The summed E-state index contributed by atoms with van der Waals surface area (Å²) in [6.45, 7) is 0. The zero-order valence-corrected chi connectivity index (χ0v) is 11.1. The van der Waals surface area contributed by atoms with Gasteiger partial charge in [-0.25, -0.2) is 0 Å². The van der Waals surface area contributed by atoms with Crippen LogP contribution in [0.15, 0.2) is 42.5 Å². The third-order valence-corrected chi connectivity index (χ3v) is 3.41. The van der Waals surface area contributed by atoms with Gasteiger partial charge >= 0.3 is 0 Å². The van der Waals surface area contributed by atoms with Gasteiger partial charge in [0.05, 0.1) is 14.2 Å². The standard InChI is InChI=1S/C16H16O3/c1-17-15-9-12-8-13(11-6-4-3-5-7-11)19-14(12)10-16(15)18-2/h3-7,9-10,13H,8H2,1-2H3. The minimum absolute atomic E-state index is 0.0769. The molecule has 1 unspecified atom stereocenters. The summed E-state index contributed by atoms with van der Waals surface area (Å²) in [7, 11) is 3.28. The molecule has 0 amide bonds. The predicted octanol–water partition coefficient (Wildman–Crippen LogP) is 3.38. The summed E-state index contributed by atoms with van der Waals surface area (Å²) in [5.74, 6) is 2.33. The molecule has 0 N–H and O–H groups in total. The summed E-state index contributed by atoms with van der Waals surface area (Å²) >= 11 is 0. The molecule has 0 spiro atoms. The summed E-state index contributed by atoms with van der Waals surface area (Å²) in [6.07, 6.45) is 0.938. The molecule has 0 aliphatic carbocycles. The molecule has 0 bridgehead atoms. The van der Waals surface area contributed by atoms with Crippen LogP contribution in [0.2, 0.25) is 0 Å². The lowest BCUT2D eigenvalue weighted by atomic mass is 10.0. The van der Waals surface area contributed by atoms with Gasteiger partial charge in [-0.05, 0) is 11.6 Å². The highest BCUT2D eigenvalue weighted by Crippen LogP contribution is 2.42. The minimum atomic E-state index is 0.0769. The molecule has 1 aliphatic heterocycles. The molecule has 19 heavy (non-hydrogen) atoms. The quantitative estimate of drug-likeness (QED) is 0.842. The highest BCUT2D eigenvalue weighted by atomic mass is 16.5. The van der Waals surface area contributed by atoms with Gasteiger partial charge in [-0.3, -0.25) is 0 Å². The Labute approximate surface area is 112 Å². The fourth-order valence-corrected chi connectivity index (χ4v) is 2.42. The fourth-order valence-electron chi connectivity index (χ4n) is 2.42. The molecule has 3 rings (SSSR count). The third-order valence-electron chi connectivity index (χ3n) is 3.41. The van der Waals surface area contributed by atoms with Gasteiger partial charge in [0.1, 0.15) is 11.9 Å². The van der Waals surface area contributed by atoms with Crippen LogP contribution in [0, 0.1) is 0 Å². The van der Waals surface area contributed by atoms with Gasteiger partial charge in [-0.2, -0.15) is 0 Å². The largest absolute Gasteiger partial charge is 0.493 e. The molecule has 1 atom stereocenters. The maximum absolute atomic E-state index is 6.00. The van der Waals surface area contributed by atoms with Gasteiger partial charge < -0.3 is 14.2 Å². The maximum atomic E-state index is 6.00. The zero-order valence-electron chi connectivity index (χ0n) is 11.1. The van der Waals surface area contributed by atoms with Gasteiger partial charge in [0, 0.05) is 18.1 Å². The summed E-state index contributed by atoms with van der Waals surface area (Å²) < 4.78 is 16.6. The predicted molar refractivity (Wildman–Crippen MR) is 73.1 cm³/mol. The van der Waals surface area contributed by atoms with Crippen molar-refractivity contribution in [3.8, 4) is 17.2 Å². The first-order chi connectivity index (χ1) is 9.31. The number of hydrogen-bond acceptors (Lipinski definition) is 3. The Morgan fingerprint density at radius 3 is 2.37 bits per heavy atom. The van der Waals surface area contributed by atoms with E-state index in [-0.39, 0.29) is 6.10 Å². The summed E-state index contributed by atoms with van der Waals surface area (Å²) in [6, 6.07) is 14.1. The first kappa shape index (κ1) is 11.9. The third kappa shape index (κ3) is 2.12. The van der Waals surface area contributed by atoms with Crippen LogP contribution >= 0.6 is 0 Å². The molecule has 0 aromatic heterocycles. The van der Waals surface area contributed by atoms with Crippen molar-refractivity contribution in [2.45, 2.75) is 12.5 Å². The Morgan fingerprint density at radius 1 is 1.00 bits per heavy atom. The Hall–Kier alpha value is -2.16. The smallest absolute Gasteiger partial charge is 0.164 e. The monoisotopic (exact) mass is 256 g/mol. The molecule has 0 saturated carbocycles. The highest BCUT2D eigenvalue weighted by Gasteiger charge is 2.26. The number of fused-ring (bicyclic) bond motifs is 1. The Balaban J connectivity index is 1.92. The van der Waals surface area contributed by atoms with E-state index < -0.39 is 0 Å². The Bertz CT molecular complexity index is 545. The van der Waals surface area contributed by atoms with E-state index in [1.807, 2.05) is 30.3 Å². The molecule has 3 nitrogen and oxygen atoms in total. The molecule has 1 heterocycles. The van der Waals surface area contributed by atoms with Gasteiger partial charge in [0.25, 0.3) is 0 Å². The van der Waals surface area contributed by atoms with Crippen LogP contribution in [0.25, 0.3) is 0 Å². The van der Waals surface area contributed by atoms with Crippen molar-refractivity contribution in [3.05, 3.63) is 53.6 Å². The van der Waals surface area contributed by atoms with E-state index in [4.69, 9.17) is 14.2 Å². The van der Waals surface area contributed by atoms with E-state index in [2.05, 4.69) is 12.1 Å². The van der Waals surface area contributed by atoms with Crippen LogP contribution in [0.4, 0.5) is 0 Å². The van der Waals surface area contributed by atoms with Crippen LogP contribution in [0.5, 0.6) is 17.2 Å². The summed E-state index contributed by atoms with van der Waals surface area (Å²) in [4.78, 5) is 0. The molecule has 2 aromatic rings. The molecular weight excluding hydrogens is 240 g/mol. The number of hydrogen-bond donors (Lipinski definition) is 0. The number of benzene rings is 2. The van der Waals surface area contributed by atoms with Crippen molar-refractivity contribution < 1.29 is 14.2 Å². The molecule has 0 fully saturated rings. The molecule has 3 heteroatoms. The average Bonchev–Trinajstić information content (AvgIpc) is 2.89. The summed E-state index contributed by atoms with van der Waals surface area (Å²) in [5, 5.41) is 0. The van der Waals surface area contributed by atoms with E-state index in [1.165, 1.54) is 5.56 Å². The average molecular weight is 256 g/mol. The molecule has 0 saturated heterocycles. The molecule has 98 valence electrons. The lowest BCUT2D eigenvalue weighted by Gasteiger charge is -2.11. The Kier molecular flexibility index (Phi) is 3.03. The number of rotatable bonds is 3. The maximum Gasteiger partial charge on any atom is 0.164 e. The van der Waals surface area contributed by atoms with Crippen molar-refractivity contribution in [3.63, 3.8) is 0 Å². The number of ether oxygens (including phenoxy) is 3. The zero-order chi connectivity index (χ0) is 13.2. The van der Waals surface area contributed by atoms with Crippen LogP contribution in [0.1, 0.15) is 17.2 Å². The first-order valence-corrected chi connectivity index (χ1v) is 6.28. The van der Waals surface area contributed by atoms with Crippen LogP contribution in [-0.4, -0.2) is 14.2 Å². The first-order valence-electron chi connectivity index (χ1n) is 6.28. The van der Waals surface area contributed by atoms with Crippen LogP contribution < -0.4 is 14.2 Å². The molecule has 0 radical (unpaired) electrons. The van der Waals surface area contributed by atoms with E-state index in [1.54, 1.807) is 14.2 Å². The highest BCUT2D eigenvalue weighted by molar-refractivity contribution is 5.53. The normalized spacial score (nSPS) is 16.6. The van der Waals surface area contributed by atoms with Crippen molar-refractivity contribution in [2.75, 3.05) is 14.2 Å². The Morgan fingerprint density at radius 2 is 1.68 bits per heavy atom. The van der Waals surface area contributed by atoms with Gasteiger partial charge in [0.15, 0.2) is 11.5 Å². The van der Waals surface area contributed by atoms with E-state index >= 15 is 0 Å². The number of methoxy groups -OCH3 is 2. The SMILES string of the molecule is COc1cc2c(cc1OC)OC(c1ccccc1)C2. The van der Waals surface area contributed by atoms with Gasteiger partial charge in [-0.1, -0.05) is 30.3 Å². The van der Waals surface area contributed by atoms with E-state index in [0.717, 1.165) is 23.5 Å². The molecular formula is C16H16O3. The van der Waals surface area contributed by atoms with Crippen molar-refractivity contribution in [1.29, 1.82) is 0 Å². The van der Waals surface area contributed by atoms with Crippen molar-refractivity contribution in [1.82, 2.24) is 0 Å². The van der Waals surface area contributed by atoms with Crippen LogP contribution in [0.3, 0.4) is 0 Å². The lowest BCUT2D eigenvalue weighted by Crippen LogP contribution is -2.02. The second-order valence-corrected chi connectivity index (χ2v) is 4.54. The van der Waals surface area contributed by atoms with Crippen molar-refractivity contribution >= 4 is 0 Å². The topological polar surface area (TPSA) is 27.7 Å². The second kappa shape index (κ2) is 4.84.